The van der Waals surface area contributed by atoms with Crippen molar-refractivity contribution < 1.29 is 9.59 Å². The maximum absolute atomic E-state index is 11.3. The molecule has 74 valence electrons. The molecule has 13 heavy (non-hydrogen) atoms. The Hall–Kier alpha value is -1.32. The van der Waals surface area contributed by atoms with E-state index in [-0.39, 0.29) is 11.8 Å². The van der Waals surface area contributed by atoms with E-state index in [1.54, 1.807) is 34.0 Å². The van der Waals surface area contributed by atoms with E-state index < -0.39 is 6.04 Å². The van der Waals surface area contributed by atoms with Gasteiger partial charge in [0.05, 0.1) is 0 Å². The van der Waals surface area contributed by atoms with Gasteiger partial charge in [0.15, 0.2) is 0 Å². The molecule has 0 aromatic carbocycles. The van der Waals surface area contributed by atoms with Crippen molar-refractivity contribution in [2.24, 2.45) is 0 Å². The average molecular weight is 184 g/mol. The predicted molar refractivity (Wildman–Crippen MR) is 51.1 cm³/mol. The molecule has 0 bridgehead atoms. The first-order chi connectivity index (χ1) is 5.99. The second kappa shape index (κ2) is 5.35. The number of carbonyl (C=O) groups excluding carboxylic acids is 2. The van der Waals surface area contributed by atoms with Crippen molar-refractivity contribution in [3.63, 3.8) is 0 Å². The van der Waals surface area contributed by atoms with Crippen LogP contribution in [0.4, 0.5) is 0 Å². The van der Waals surface area contributed by atoms with E-state index in [1.807, 2.05) is 0 Å². The van der Waals surface area contributed by atoms with Crippen LogP contribution in [-0.4, -0.2) is 36.9 Å². The van der Waals surface area contributed by atoms with Crippen LogP contribution in [0.2, 0.25) is 0 Å². The Bertz CT molecular complexity index is 222. The van der Waals surface area contributed by atoms with Gasteiger partial charge in [0.1, 0.15) is 6.04 Å². The number of hydrogen-bond donors (Lipinski definition) is 1. The highest BCUT2D eigenvalue weighted by molar-refractivity contribution is 5.92. The summed E-state index contributed by atoms with van der Waals surface area (Å²) in [6.45, 7) is 3.40. The smallest absolute Gasteiger partial charge is 0.244 e. The second-order valence-corrected chi connectivity index (χ2v) is 2.96. The van der Waals surface area contributed by atoms with Crippen LogP contribution < -0.4 is 5.32 Å². The molecule has 1 unspecified atom stereocenters. The van der Waals surface area contributed by atoms with E-state index in [0.29, 0.717) is 0 Å². The van der Waals surface area contributed by atoms with Crippen molar-refractivity contribution >= 4 is 11.8 Å². The molecule has 0 fully saturated rings. The van der Waals surface area contributed by atoms with Crippen molar-refractivity contribution in [3.8, 4) is 0 Å². The summed E-state index contributed by atoms with van der Waals surface area (Å²) in [5.41, 5.74) is 0. The molecule has 0 rings (SSSR count). The van der Waals surface area contributed by atoms with Gasteiger partial charge in [-0.25, -0.2) is 0 Å². The normalized spacial score (nSPS) is 12.6. The SMILES string of the molecule is CC=CC(=O)NC(C)C(=O)N(C)C. The van der Waals surface area contributed by atoms with Crippen LogP contribution in [-0.2, 0) is 9.59 Å². The third-order valence-corrected chi connectivity index (χ3v) is 1.49. The molecular formula is C9H16N2O2. The molecule has 4 nitrogen and oxygen atoms in total. The average Bonchev–Trinajstić information content (AvgIpc) is 2.03. The van der Waals surface area contributed by atoms with Crippen molar-refractivity contribution in [1.29, 1.82) is 0 Å². The van der Waals surface area contributed by atoms with Gasteiger partial charge in [-0.05, 0) is 19.9 Å². The van der Waals surface area contributed by atoms with Gasteiger partial charge in [0.2, 0.25) is 11.8 Å². The largest absolute Gasteiger partial charge is 0.347 e. The molecule has 0 spiro atoms. The highest BCUT2D eigenvalue weighted by atomic mass is 16.2. The van der Waals surface area contributed by atoms with Crippen LogP contribution in [0.3, 0.4) is 0 Å². The topological polar surface area (TPSA) is 49.4 Å². The van der Waals surface area contributed by atoms with Gasteiger partial charge in [-0.1, -0.05) is 6.08 Å². The molecule has 0 aliphatic heterocycles. The Balaban J connectivity index is 4.07. The second-order valence-electron chi connectivity index (χ2n) is 2.96. The van der Waals surface area contributed by atoms with Gasteiger partial charge in [-0.15, -0.1) is 0 Å². The molecule has 0 saturated heterocycles. The zero-order chi connectivity index (χ0) is 10.4. The van der Waals surface area contributed by atoms with Gasteiger partial charge in [-0.2, -0.15) is 0 Å². The summed E-state index contributed by atoms with van der Waals surface area (Å²) in [5.74, 6) is -0.358. The first-order valence-corrected chi connectivity index (χ1v) is 4.13. The number of allylic oxidation sites excluding steroid dienone is 1. The van der Waals surface area contributed by atoms with E-state index in [9.17, 15) is 9.59 Å². The third-order valence-electron chi connectivity index (χ3n) is 1.49. The summed E-state index contributed by atoms with van der Waals surface area (Å²) < 4.78 is 0. The van der Waals surface area contributed by atoms with Gasteiger partial charge in [0, 0.05) is 14.1 Å². The molecule has 2 amide bonds. The minimum atomic E-state index is -0.473. The maximum atomic E-state index is 11.3. The first kappa shape index (κ1) is 11.7. The van der Waals surface area contributed by atoms with E-state index in [4.69, 9.17) is 0 Å². The summed E-state index contributed by atoms with van der Waals surface area (Å²) in [4.78, 5) is 23.7. The van der Waals surface area contributed by atoms with Crippen molar-refractivity contribution in [1.82, 2.24) is 10.2 Å². The number of amides is 2. The number of nitrogens with one attached hydrogen (secondary N) is 1. The van der Waals surface area contributed by atoms with Crippen LogP contribution >= 0.6 is 0 Å². The van der Waals surface area contributed by atoms with Gasteiger partial charge in [0.25, 0.3) is 0 Å². The van der Waals surface area contributed by atoms with Crippen molar-refractivity contribution in [3.05, 3.63) is 12.2 Å². The summed E-state index contributed by atoms with van der Waals surface area (Å²) >= 11 is 0. The molecule has 0 heterocycles. The Morgan fingerprint density at radius 2 is 1.92 bits per heavy atom. The monoisotopic (exact) mass is 184 g/mol. The summed E-state index contributed by atoms with van der Waals surface area (Å²) in [6, 6.07) is -0.473. The molecule has 1 N–H and O–H groups in total. The van der Waals surface area contributed by atoms with Crippen LogP contribution in [0.5, 0.6) is 0 Å². The first-order valence-electron chi connectivity index (χ1n) is 4.13. The van der Waals surface area contributed by atoms with E-state index >= 15 is 0 Å². The minimum Gasteiger partial charge on any atom is -0.347 e. The molecule has 0 aliphatic rings. The standard InChI is InChI=1S/C9H16N2O2/c1-5-6-8(12)10-7(2)9(13)11(3)4/h5-7H,1-4H3,(H,10,12). The highest BCUT2D eigenvalue weighted by Crippen LogP contribution is 1.88. The van der Waals surface area contributed by atoms with E-state index in [0.717, 1.165) is 0 Å². The van der Waals surface area contributed by atoms with Gasteiger partial charge < -0.3 is 10.2 Å². The number of rotatable bonds is 3. The highest BCUT2D eigenvalue weighted by Gasteiger charge is 2.15. The molecule has 0 aromatic rings. The molecule has 0 radical (unpaired) electrons. The van der Waals surface area contributed by atoms with Crippen molar-refractivity contribution in [2.75, 3.05) is 14.1 Å². The lowest BCUT2D eigenvalue weighted by atomic mass is 10.3. The van der Waals surface area contributed by atoms with Crippen LogP contribution in [0.1, 0.15) is 13.8 Å². The molecule has 0 aliphatic carbocycles. The van der Waals surface area contributed by atoms with Crippen LogP contribution in [0.25, 0.3) is 0 Å². The molecule has 0 aromatic heterocycles. The maximum Gasteiger partial charge on any atom is 0.244 e. The van der Waals surface area contributed by atoms with Crippen LogP contribution in [0, 0.1) is 0 Å². The Labute approximate surface area is 78.6 Å². The summed E-state index contributed by atoms with van der Waals surface area (Å²) in [6.07, 6.45) is 3.02. The molecule has 1 atom stereocenters. The zero-order valence-corrected chi connectivity index (χ0v) is 8.50. The predicted octanol–water partition coefficient (Wildman–Crippen LogP) is 0.155. The zero-order valence-electron chi connectivity index (χ0n) is 8.50. The molecule has 0 saturated carbocycles. The summed E-state index contributed by atoms with van der Waals surface area (Å²) in [7, 11) is 3.31. The number of carbonyl (C=O) groups is 2. The Morgan fingerprint density at radius 3 is 2.31 bits per heavy atom. The minimum absolute atomic E-state index is 0.113. The third kappa shape index (κ3) is 4.30. The fourth-order valence-electron chi connectivity index (χ4n) is 0.862. The van der Waals surface area contributed by atoms with E-state index in [1.165, 1.54) is 11.0 Å². The number of hydrogen-bond acceptors (Lipinski definition) is 2. The van der Waals surface area contributed by atoms with Crippen molar-refractivity contribution in [2.45, 2.75) is 19.9 Å². The fourth-order valence-corrected chi connectivity index (χ4v) is 0.862. The quantitative estimate of drug-likeness (QED) is 0.635. The Kier molecular flexibility index (Phi) is 4.80. The van der Waals surface area contributed by atoms with Crippen LogP contribution in [0.15, 0.2) is 12.2 Å². The van der Waals surface area contributed by atoms with E-state index in [2.05, 4.69) is 5.32 Å². The van der Waals surface area contributed by atoms with Gasteiger partial charge >= 0.3 is 0 Å². The molecule has 4 heteroatoms. The number of nitrogens with zero attached hydrogens (tertiary/aromatic N) is 1. The lowest BCUT2D eigenvalue weighted by Crippen LogP contribution is -2.43. The Morgan fingerprint density at radius 1 is 1.38 bits per heavy atom. The lowest BCUT2D eigenvalue weighted by molar-refractivity contribution is -0.132. The molecular weight excluding hydrogens is 168 g/mol. The summed E-state index contributed by atoms with van der Waals surface area (Å²) in [5, 5.41) is 2.54. The van der Waals surface area contributed by atoms with Gasteiger partial charge in [-0.3, -0.25) is 9.59 Å². The fraction of sp³-hybridized carbons (Fsp3) is 0.556. The lowest BCUT2D eigenvalue weighted by Gasteiger charge is -2.16. The number of likely N-dealkylation sites (N-methyl/N-ethyl adjacent to an activating group) is 1.